The fraction of sp³-hybridized carbons (Fsp3) is 0.727. The summed E-state index contributed by atoms with van der Waals surface area (Å²) in [7, 11) is 0. The van der Waals surface area contributed by atoms with E-state index >= 15 is 0 Å². The SMILES string of the molecule is FC(F)(F)c1ccc2c(c1)OC(C1CCC(C3CCCCC3)CC1)CC2. The minimum atomic E-state index is -4.30. The Balaban J connectivity index is 1.37. The van der Waals surface area contributed by atoms with Gasteiger partial charge < -0.3 is 4.74 Å². The first-order valence-electron chi connectivity index (χ1n) is 10.4. The highest BCUT2D eigenvalue weighted by atomic mass is 19.4. The number of benzene rings is 1. The highest BCUT2D eigenvalue weighted by molar-refractivity contribution is 5.40. The molecule has 1 unspecified atom stereocenters. The number of rotatable bonds is 2. The lowest BCUT2D eigenvalue weighted by Crippen LogP contribution is -2.35. The Labute approximate surface area is 154 Å². The van der Waals surface area contributed by atoms with Crippen molar-refractivity contribution in [2.45, 2.75) is 82.9 Å². The minimum Gasteiger partial charge on any atom is -0.490 e. The van der Waals surface area contributed by atoms with Crippen LogP contribution in [0.15, 0.2) is 18.2 Å². The Hall–Kier alpha value is -1.19. The van der Waals surface area contributed by atoms with Crippen molar-refractivity contribution in [3.63, 3.8) is 0 Å². The van der Waals surface area contributed by atoms with Crippen LogP contribution in [0.25, 0.3) is 0 Å². The second-order valence-corrected chi connectivity index (χ2v) is 8.59. The number of ether oxygens (including phenoxy) is 1. The Morgan fingerprint density at radius 1 is 0.769 bits per heavy atom. The molecule has 2 saturated carbocycles. The van der Waals surface area contributed by atoms with E-state index < -0.39 is 11.7 Å². The van der Waals surface area contributed by atoms with Gasteiger partial charge in [0.05, 0.1) is 5.56 Å². The first-order chi connectivity index (χ1) is 12.5. The van der Waals surface area contributed by atoms with E-state index in [0.29, 0.717) is 11.7 Å². The standard InChI is InChI=1S/C22H29F3O/c23-22(24,25)19-12-10-18-11-13-20(26-21(18)14-19)17-8-6-16(7-9-17)15-4-2-1-3-5-15/h10,12,14-17,20H,1-9,11,13H2. The maximum absolute atomic E-state index is 13.0. The van der Waals surface area contributed by atoms with Crippen molar-refractivity contribution in [3.05, 3.63) is 29.3 Å². The van der Waals surface area contributed by atoms with Gasteiger partial charge in [0, 0.05) is 0 Å². The summed E-state index contributed by atoms with van der Waals surface area (Å²) in [5, 5.41) is 0. The number of alkyl halides is 3. The highest BCUT2D eigenvalue weighted by Crippen LogP contribution is 2.43. The Morgan fingerprint density at radius 3 is 2.12 bits per heavy atom. The molecular formula is C22H29F3O. The van der Waals surface area contributed by atoms with Crippen LogP contribution in [0.1, 0.15) is 75.3 Å². The average Bonchev–Trinajstić information content (AvgIpc) is 2.67. The Bertz CT molecular complexity index is 610. The normalized spacial score (nSPS) is 30.5. The third kappa shape index (κ3) is 3.89. The monoisotopic (exact) mass is 366 g/mol. The average molecular weight is 366 g/mol. The van der Waals surface area contributed by atoms with Crippen LogP contribution < -0.4 is 4.74 Å². The van der Waals surface area contributed by atoms with Crippen LogP contribution in [0.5, 0.6) is 5.75 Å². The predicted molar refractivity (Wildman–Crippen MR) is 96.2 cm³/mol. The van der Waals surface area contributed by atoms with Crippen LogP contribution in [-0.4, -0.2) is 6.10 Å². The van der Waals surface area contributed by atoms with Gasteiger partial charge in [0.15, 0.2) is 0 Å². The maximum atomic E-state index is 13.0. The van der Waals surface area contributed by atoms with Crippen LogP contribution in [0.4, 0.5) is 13.2 Å². The van der Waals surface area contributed by atoms with Crippen molar-refractivity contribution >= 4 is 0 Å². The number of hydrogen-bond donors (Lipinski definition) is 0. The van der Waals surface area contributed by atoms with E-state index in [0.717, 1.165) is 30.2 Å². The maximum Gasteiger partial charge on any atom is 0.416 e. The van der Waals surface area contributed by atoms with Crippen molar-refractivity contribution in [2.24, 2.45) is 17.8 Å². The third-order valence-electron chi connectivity index (χ3n) is 7.03. The molecule has 1 aliphatic heterocycles. The van der Waals surface area contributed by atoms with Crippen LogP contribution in [-0.2, 0) is 12.6 Å². The summed E-state index contributed by atoms with van der Waals surface area (Å²) < 4.78 is 45.0. The summed E-state index contributed by atoms with van der Waals surface area (Å²) >= 11 is 0. The summed E-state index contributed by atoms with van der Waals surface area (Å²) in [5.74, 6) is 2.77. The van der Waals surface area contributed by atoms with Crippen LogP contribution in [0.3, 0.4) is 0 Å². The largest absolute Gasteiger partial charge is 0.490 e. The molecule has 26 heavy (non-hydrogen) atoms. The second kappa shape index (κ2) is 7.44. The molecule has 0 radical (unpaired) electrons. The Morgan fingerprint density at radius 2 is 1.42 bits per heavy atom. The zero-order valence-electron chi connectivity index (χ0n) is 15.4. The molecular weight excluding hydrogens is 337 g/mol. The smallest absolute Gasteiger partial charge is 0.416 e. The molecule has 2 fully saturated rings. The molecule has 0 aromatic heterocycles. The first kappa shape index (κ1) is 18.2. The fourth-order valence-corrected chi connectivity index (χ4v) is 5.49. The molecule has 1 aromatic rings. The van der Waals surface area contributed by atoms with Gasteiger partial charge >= 0.3 is 6.18 Å². The van der Waals surface area contributed by atoms with E-state index in [4.69, 9.17) is 4.74 Å². The van der Waals surface area contributed by atoms with E-state index in [1.54, 1.807) is 6.07 Å². The molecule has 0 N–H and O–H groups in total. The van der Waals surface area contributed by atoms with Gasteiger partial charge in [0.2, 0.25) is 0 Å². The number of hydrogen-bond acceptors (Lipinski definition) is 1. The molecule has 2 aliphatic carbocycles. The highest BCUT2D eigenvalue weighted by Gasteiger charge is 2.36. The molecule has 4 rings (SSSR count). The zero-order chi connectivity index (χ0) is 18.1. The number of aryl methyl sites for hydroxylation is 1. The van der Waals surface area contributed by atoms with E-state index in [9.17, 15) is 13.2 Å². The van der Waals surface area contributed by atoms with Crippen LogP contribution in [0, 0.1) is 17.8 Å². The summed E-state index contributed by atoms with van der Waals surface area (Å²) in [5.41, 5.74) is 0.322. The number of halogens is 3. The summed E-state index contributed by atoms with van der Waals surface area (Å²) in [6.45, 7) is 0. The topological polar surface area (TPSA) is 9.23 Å². The fourth-order valence-electron chi connectivity index (χ4n) is 5.49. The molecule has 144 valence electrons. The second-order valence-electron chi connectivity index (χ2n) is 8.59. The molecule has 0 amide bonds. The van der Waals surface area contributed by atoms with Gasteiger partial charge in [-0.05, 0) is 74.0 Å². The van der Waals surface area contributed by atoms with E-state index in [1.807, 2.05) is 0 Å². The van der Waals surface area contributed by atoms with Gasteiger partial charge in [-0.1, -0.05) is 38.2 Å². The lowest BCUT2D eigenvalue weighted by atomic mass is 9.69. The van der Waals surface area contributed by atoms with Crippen molar-refractivity contribution in [1.82, 2.24) is 0 Å². The van der Waals surface area contributed by atoms with Crippen LogP contribution in [0.2, 0.25) is 0 Å². The molecule has 3 aliphatic rings. The lowest BCUT2D eigenvalue weighted by molar-refractivity contribution is -0.137. The quantitative estimate of drug-likeness (QED) is 0.560. The van der Waals surface area contributed by atoms with E-state index in [2.05, 4.69) is 0 Å². The van der Waals surface area contributed by atoms with E-state index in [1.165, 1.54) is 69.9 Å². The Kier molecular flexibility index (Phi) is 5.20. The molecule has 0 spiro atoms. The molecule has 1 aromatic carbocycles. The van der Waals surface area contributed by atoms with Gasteiger partial charge in [-0.2, -0.15) is 13.2 Å². The number of fused-ring (bicyclic) bond motifs is 1. The predicted octanol–water partition coefficient (Wildman–Crippen LogP) is 6.79. The van der Waals surface area contributed by atoms with Gasteiger partial charge in [0.1, 0.15) is 11.9 Å². The van der Waals surface area contributed by atoms with Gasteiger partial charge in [-0.3, -0.25) is 0 Å². The molecule has 1 heterocycles. The zero-order valence-corrected chi connectivity index (χ0v) is 15.4. The lowest BCUT2D eigenvalue weighted by Gasteiger charge is -2.39. The van der Waals surface area contributed by atoms with Crippen molar-refractivity contribution in [1.29, 1.82) is 0 Å². The molecule has 0 saturated heterocycles. The summed E-state index contributed by atoms with van der Waals surface area (Å²) in [4.78, 5) is 0. The third-order valence-corrected chi connectivity index (χ3v) is 7.03. The summed E-state index contributed by atoms with van der Waals surface area (Å²) in [6, 6.07) is 3.97. The minimum absolute atomic E-state index is 0.0956. The van der Waals surface area contributed by atoms with Crippen molar-refractivity contribution in [2.75, 3.05) is 0 Å². The first-order valence-corrected chi connectivity index (χ1v) is 10.4. The molecule has 0 bridgehead atoms. The van der Waals surface area contributed by atoms with Gasteiger partial charge in [-0.15, -0.1) is 0 Å². The molecule has 1 atom stereocenters. The van der Waals surface area contributed by atoms with Gasteiger partial charge in [-0.25, -0.2) is 0 Å². The van der Waals surface area contributed by atoms with Gasteiger partial charge in [0.25, 0.3) is 0 Å². The van der Waals surface area contributed by atoms with Crippen LogP contribution >= 0.6 is 0 Å². The summed E-state index contributed by atoms with van der Waals surface area (Å²) in [6.07, 6.45) is 9.51. The van der Waals surface area contributed by atoms with E-state index in [-0.39, 0.29) is 6.10 Å². The van der Waals surface area contributed by atoms with Crippen molar-refractivity contribution < 1.29 is 17.9 Å². The molecule has 1 nitrogen and oxygen atoms in total. The molecule has 4 heteroatoms. The van der Waals surface area contributed by atoms with Crippen molar-refractivity contribution in [3.8, 4) is 5.75 Å².